The summed E-state index contributed by atoms with van der Waals surface area (Å²) in [7, 11) is 1.67. The second kappa shape index (κ2) is 7.69. The number of benzene rings is 1. The molecule has 12 heteroatoms. The largest absolute Gasteiger partial charge is 0.344 e. The Morgan fingerprint density at radius 1 is 1.22 bits per heavy atom. The van der Waals surface area contributed by atoms with Crippen LogP contribution in [0.2, 0.25) is 0 Å². The molecule has 5 rings (SSSR count). The van der Waals surface area contributed by atoms with E-state index >= 15 is 0 Å². The van der Waals surface area contributed by atoms with Gasteiger partial charge in [0, 0.05) is 18.3 Å². The highest BCUT2D eigenvalue weighted by Gasteiger charge is 2.44. The first kappa shape index (κ1) is 20.6. The zero-order chi connectivity index (χ0) is 22.5. The lowest BCUT2D eigenvalue weighted by Crippen LogP contribution is -2.53. The molecule has 0 spiro atoms. The Morgan fingerprint density at radius 2 is 2.06 bits per heavy atom. The molecule has 1 aliphatic rings. The monoisotopic (exact) mass is 448 g/mol. The van der Waals surface area contributed by atoms with Gasteiger partial charge in [-0.15, -0.1) is 10.2 Å². The maximum atomic E-state index is 14.3. The molecule has 3 aromatic heterocycles. The summed E-state index contributed by atoms with van der Waals surface area (Å²) in [4.78, 5) is 5.83. The molecule has 0 radical (unpaired) electrons. The van der Waals surface area contributed by atoms with Gasteiger partial charge in [-0.1, -0.05) is 11.3 Å². The maximum absolute atomic E-state index is 14.3. The number of alkyl halides is 4. The zero-order valence-electron chi connectivity index (χ0n) is 17.1. The summed E-state index contributed by atoms with van der Waals surface area (Å²) >= 11 is 0. The van der Waals surface area contributed by atoms with Crippen LogP contribution in [0.3, 0.4) is 0 Å². The standard InChI is InChI=1S/C20H20F4N8/c1-30-6-5-17(20(23,24)11-30)26-19-25-9-16-13(4-7-31(16)28-19)12-2-3-14-15(8-12)32(29-27-14)10-18(21)22/h2-4,7-9,17-18H,5-6,10-11H2,1H3,(H,26,28)/t17-/m1/s1. The number of halogens is 4. The molecule has 1 N–H and O–H groups in total. The van der Waals surface area contributed by atoms with E-state index in [0.717, 1.165) is 11.1 Å². The van der Waals surface area contributed by atoms with E-state index in [1.807, 2.05) is 6.07 Å². The Labute approximate surface area is 179 Å². The minimum absolute atomic E-state index is 0.114. The minimum Gasteiger partial charge on any atom is -0.344 e. The number of anilines is 1. The van der Waals surface area contributed by atoms with E-state index < -0.39 is 24.9 Å². The van der Waals surface area contributed by atoms with Crippen molar-refractivity contribution >= 4 is 22.5 Å². The molecule has 0 saturated carbocycles. The third-order valence-corrected chi connectivity index (χ3v) is 5.65. The Kier molecular flexibility index (Phi) is 4.96. The number of likely N-dealkylation sites (tertiary alicyclic amines) is 1. The van der Waals surface area contributed by atoms with Crippen LogP contribution in [-0.2, 0) is 6.54 Å². The van der Waals surface area contributed by atoms with Crippen molar-refractivity contribution in [3.05, 3.63) is 36.7 Å². The minimum atomic E-state index is -2.89. The summed E-state index contributed by atoms with van der Waals surface area (Å²) in [6.45, 7) is -0.307. The number of hydrogen-bond donors (Lipinski definition) is 1. The van der Waals surface area contributed by atoms with Crippen molar-refractivity contribution in [1.29, 1.82) is 0 Å². The fourth-order valence-electron chi connectivity index (χ4n) is 4.05. The van der Waals surface area contributed by atoms with Crippen LogP contribution in [0.25, 0.3) is 27.7 Å². The van der Waals surface area contributed by atoms with Crippen molar-refractivity contribution in [2.45, 2.75) is 31.4 Å². The van der Waals surface area contributed by atoms with E-state index in [9.17, 15) is 17.6 Å². The topological polar surface area (TPSA) is 76.2 Å². The molecule has 32 heavy (non-hydrogen) atoms. The van der Waals surface area contributed by atoms with Crippen molar-refractivity contribution in [1.82, 2.24) is 34.5 Å². The fraction of sp³-hybridized carbons (Fsp3) is 0.400. The third-order valence-electron chi connectivity index (χ3n) is 5.65. The molecule has 1 aromatic carbocycles. The SMILES string of the molecule is CN1CC[C@@H](Nc2ncc3c(-c4ccc5nnn(CC(F)F)c5c4)ccn3n2)C(F)(F)C1. The number of rotatable bonds is 5. The van der Waals surface area contributed by atoms with E-state index in [4.69, 9.17) is 0 Å². The molecule has 0 aliphatic carbocycles. The molecule has 4 aromatic rings. The van der Waals surface area contributed by atoms with Gasteiger partial charge in [-0.25, -0.2) is 31.7 Å². The second-order valence-electron chi connectivity index (χ2n) is 7.99. The van der Waals surface area contributed by atoms with Crippen LogP contribution in [-0.4, -0.2) is 73.0 Å². The lowest BCUT2D eigenvalue weighted by molar-refractivity contribution is -0.0675. The maximum Gasteiger partial charge on any atom is 0.280 e. The second-order valence-corrected chi connectivity index (χ2v) is 7.99. The summed E-state index contributed by atoms with van der Waals surface area (Å²) in [5.41, 5.74) is 3.18. The Hall–Kier alpha value is -3.28. The van der Waals surface area contributed by atoms with Crippen LogP contribution in [0, 0.1) is 0 Å². The number of piperidine rings is 1. The Balaban J connectivity index is 1.44. The molecule has 0 unspecified atom stereocenters. The average Bonchev–Trinajstić information content (AvgIpc) is 3.33. The molecule has 1 aliphatic heterocycles. The van der Waals surface area contributed by atoms with Crippen LogP contribution >= 0.6 is 0 Å². The van der Waals surface area contributed by atoms with E-state index in [-0.39, 0.29) is 18.9 Å². The number of aromatic nitrogens is 6. The van der Waals surface area contributed by atoms with Crippen LogP contribution < -0.4 is 5.32 Å². The summed E-state index contributed by atoms with van der Waals surface area (Å²) in [6.07, 6.45) is 0.984. The predicted octanol–water partition coefficient (Wildman–Crippen LogP) is 3.16. The van der Waals surface area contributed by atoms with Crippen molar-refractivity contribution in [3.63, 3.8) is 0 Å². The van der Waals surface area contributed by atoms with Crippen molar-refractivity contribution < 1.29 is 17.6 Å². The molecule has 1 atom stereocenters. The number of nitrogens with one attached hydrogen (secondary N) is 1. The predicted molar refractivity (Wildman–Crippen MR) is 110 cm³/mol. The van der Waals surface area contributed by atoms with Gasteiger partial charge < -0.3 is 10.2 Å². The van der Waals surface area contributed by atoms with Gasteiger partial charge in [-0.05, 0) is 37.2 Å². The van der Waals surface area contributed by atoms with Crippen LogP contribution in [0.1, 0.15) is 6.42 Å². The van der Waals surface area contributed by atoms with E-state index in [1.54, 1.807) is 47.1 Å². The fourth-order valence-corrected chi connectivity index (χ4v) is 4.05. The summed E-state index contributed by atoms with van der Waals surface area (Å²) in [5, 5.41) is 14.8. The third kappa shape index (κ3) is 3.74. The highest BCUT2D eigenvalue weighted by atomic mass is 19.3. The van der Waals surface area contributed by atoms with Gasteiger partial charge in [0.05, 0.1) is 29.8 Å². The van der Waals surface area contributed by atoms with Crippen LogP contribution in [0.15, 0.2) is 36.7 Å². The van der Waals surface area contributed by atoms with Gasteiger partial charge in [0.25, 0.3) is 12.3 Å². The van der Waals surface area contributed by atoms with Gasteiger partial charge in [0.2, 0.25) is 5.95 Å². The number of nitrogens with zero attached hydrogens (tertiary/aromatic N) is 7. The summed E-state index contributed by atoms with van der Waals surface area (Å²) < 4.78 is 57.0. The number of fused-ring (bicyclic) bond motifs is 2. The molecule has 1 saturated heterocycles. The van der Waals surface area contributed by atoms with Crippen molar-refractivity contribution in [3.8, 4) is 11.1 Å². The highest BCUT2D eigenvalue weighted by molar-refractivity contribution is 5.87. The lowest BCUT2D eigenvalue weighted by atomic mass is 10.0. The molecule has 4 heterocycles. The van der Waals surface area contributed by atoms with Crippen LogP contribution in [0.4, 0.5) is 23.5 Å². The van der Waals surface area contributed by atoms with Gasteiger partial charge >= 0.3 is 0 Å². The molecule has 8 nitrogen and oxygen atoms in total. The average molecular weight is 448 g/mol. The Morgan fingerprint density at radius 3 is 2.84 bits per heavy atom. The van der Waals surface area contributed by atoms with Crippen LogP contribution in [0.5, 0.6) is 0 Å². The molecule has 0 amide bonds. The van der Waals surface area contributed by atoms with Crippen molar-refractivity contribution in [2.24, 2.45) is 0 Å². The number of hydrogen-bond acceptors (Lipinski definition) is 6. The molecule has 1 fully saturated rings. The Bertz CT molecular complexity index is 1270. The summed E-state index contributed by atoms with van der Waals surface area (Å²) in [5.74, 6) is -2.78. The smallest absolute Gasteiger partial charge is 0.280 e. The molecule has 0 bridgehead atoms. The van der Waals surface area contributed by atoms with Gasteiger partial charge in [-0.2, -0.15) is 0 Å². The summed E-state index contributed by atoms with van der Waals surface area (Å²) in [6, 6.07) is 6.02. The van der Waals surface area contributed by atoms with E-state index in [1.165, 1.54) is 4.68 Å². The highest BCUT2D eigenvalue weighted by Crippen LogP contribution is 2.30. The first-order valence-corrected chi connectivity index (χ1v) is 10.1. The zero-order valence-corrected chi connectivity index (χ0v) is 17.1. The lowest BCUT2D eigenvalue weighted by Gasteiger charge is -2.36. The van der Waals surface area contributed by atoms with E-state index in [2.05, 4.69) is 25.7 Å². The molecule has 168 valence electrons. The van der Waals surface area contributed by atoms with Gasteiger partial charge in [0.1, 0.15) is 12.1 Å². The van der Waals surface area contributed by atoms with Gasteiger partial charge in [0.15, 0.2) is 0 Å². The first-order valence-electron chi connectivity index (χ1n) is 10.1. The first-order chi connectivity index (χ1) is 15.3. The van der Waals surface area contributed by atoms with Gasteiger partial charge in [-0.3, -0.25) is 0 Å². The van der Waals surface area contributed by atoms with Crippen molar-refractivity contribution in [2.75, 3.05) is 25.5 Å². The molecular weight excluding hydrogens is 428 g/mol. The quantitative estimate of drug-likeness (QED) is 0.473. The molecular formula is C20H20F4N8. The van der Waals surface area contributed by atoms with E-state index in [0.29, 0.717) is 23.1 Å². The normalized spacial score (nSPS) is 19.2.